The van der Waals surface area contributed by atoms with Gasteiger partial charge in [-0.25, -0.2) is 14.1 Å². The molecule has 0 radical (unpaired) electrons. The molecule has 0 spiro atoms. The van der Waals surface area contributed by atoms with Gasteiger partial charge >= 0.3 is 0 Å². The predicted octanol–water partition coefficient (Wildman–Crippen LogP) is 3.83. The maximum absolute atomic E-state index is 14.4. The summed E-state index contributed by atoms with van der Waals surface area (Å²) in [5, 5.41) is 6.56. The van der Waals surface area contributed by atoms with Crippen molar-refractivity contribution in [1.29, 1.82) is 0 Å². The van der Waals surface area contributed by atoms with Gasteiger partial charge in [-0.1, -0.05) is 0 Å². The average Bonchev–Trinajstić information content (AvgIpc) is 3.32. The van der Waals surface area contributed by atoms with Crippen molar-refractivity contribution in [2.24, 2.45) is 0 Å². The van der Waals surface area contributed by atoms with E-state index in [1.807, 2.05) is 4.90 Å². The molecule has 1 saturated heterocycles. The Hall–Kier alpha value is -3.75. The van der Waals surface area contributed by atoms with Gasteiger partial charge in [0.15, 0.2) is 12.4 Å². The summed E-state index contributed by atoms with van der Waals surface area (Å²) in [7, 11) is 0. The van der Waals surface area contributed by atoms with Crippen LogP contribution in [-0.4, -0.2) is 50.2 Å². The first-order valence-electron chi connectivity index (χ1n) is 10.9. The predicted molar refractivity (Wildman–Crippen MR) is 121 cm³/mol. The molecule has 9 heteroatoms. The number of carbonyl (C=O) groups is 2. The molecule has 2 atom stereocenters. The summed E-state index contributed by atoms with van der Waals surface area (Å²) in [6.07, 6.45) is 5.85. The number of carbonyl (C=O) groups excluding carboxylic acids is 2. The number of anilines is 1. The van der Waals surface area contributed by atoms with E-state index >= 15 is 0 Å². The zero-order valence-corrected chi connectivity index (χ0v) is 18.6. The molecule has 33 heavy (non-hydrogen) atoms. The van der Waals surface area contributed by atoms with Crippen molar-refractivity contribution in [2.75, 3.05) is 11.9 Å². The van der Waals surface area contributed by atoms with Gasteiger partial charge < -0.3 is 15.0 Å². The van der Waals surface area contributed by atoms with Crippen LogP contribution in [-0.2, 0) is 4.79 Å². The molecule has 1 fully saturated rings. The third-order valence-electron chi connectivity index (χ3n) is 5.83. The number of nitrogens with one attached hydrogen (secondary N) is 1. The lowest BCUT2D eigenvalue weighted by Crippen LogP contribution is -2.49. The lowest BCUT2D eigenvalue weighted by Gasteiger charge is -2.38. The summed E-state index contributed by atoms with van der Waals surface area (Å²) in [6, 6.07) is 11.2. The fourth-order valence-electron chi connectivity index (χ4n) is 4.14. The van der Waals surface area contributed by atoms with Gasteiger partial charge in [0.25, 0.3) is 11.8 Å². The Balaban J connectivity index is 1.34. The molecule has 4 rings (SSSR count). The molecule has 0 bridgehead atoms. The summed E-state index contributed by atoms with van der Waals surface area (Å²) in [4.78, 5) is 30.8. The first-order chi connectivity index (χ1) is 15.9. The molecule has 0 aliphatic carbocycles. The number of halogens is 1. The zero-order chi connectivity index (χ0) is 23.4. The van der Waals surface area contributed by atoms with E-state index in [1.54, 1.807) is 30.3 Å². The summed E-state index contributed by atoms with van der Waals surface area (Å²) < 4.78 is 21.3. The standard InChI is InChI=1S/C24H26FN5O3/c1-16-4-3-5-17(2)30(16)23(31)13-33-20-9-6-18(7-10-20)24(32)28-19-8-11-22(21(25)12-19)29-15-26-14-27-29/h6-12,14-17H,3-5,13H2,1-2H3,(H,28,32). The number of nitrogens with zero attached hydrogens (tertiary/aromatic N) is 4. The van der Waals surface area contributed by atoms with Crippen LogP contribution < -0.4 is 10.1 Å². The van der Waals surface area contributed by atoms with E-state index in [2.05, 4.69) is 29.2 Å². The van der Waals surface area contributed by atoms with E-state index in [-0.39, 0.29) is 36.2 Å². The Kier molecular flexibility index (Phi) is 6.67. The first-order valence-corrected chi connectivity index (χ1v) is 10.9. The topological polar surface area (TPSA) is 89.4 Å². The maximum Gasteiger partial charge on any atom is 0.260 e. The van der Waals surface area contributed by atoms with Crippen molar-refractivity contribution in [3.63, 3.8) is 0 Å². The number of ether oxygens (including phenoxy) is 1. The molecular weight excluding hydrogens is 425 g/mol. The van der Waals surface area contributed by atoms with Gasteiger partial charge in [0, 0.05) is 23.3 Å². The van der Waals surface area contributed by atoms with Gasteiger partial charge in [0.1, 0.15) is 24.1 Å². The molecular formula is C24H26FN5O3. The van der Waals surface area contributed by atoms with Crippen molar-refractivity contribution in [3.8, 4) is 11.4 Å². The highest BCUT2D eigenvalue weighted by atomic mass is 19.1. The molecule has 2 unspecified atom stereocenters. The highest BCUT2D eigenvalue weighted by molar-refractivity contribution is 6.04. The number of benzene rings is 2. The Bertz CT molecular complexity index is 1110. The molecule has 8 nitrogen and oxygen atoms in total. The summed E-state index contributed by atoms with van der Waals surface area (Å²) in [5.41, 5.74) is 0.930. The number of hydrogen-bond acceptors (Lipinski definition) is 5. The number of aromatic nitrogens is 3. The van der Waals surface area contributed by atoms with E-state index in [1.165, 1.54) is 29.5 Å². The van der Waals surface area contributed by atoms with Gasteiger partial charge in [-0.3, -0.25) is 9.59 Å². The van der Waals surface area contributed by atoms with Crippen molar-refractivity contribution < 1.29 is 18.7 Å². The molecule has 2 aromatic carbocycles. The van der Waals surface area contributed by atoms with Crippen molar-refractivity contribution in [2.45, 2.75) is 45.2 Å². The van der Waals surface area contributed by atoms with E-state index < -0.39 is 5.82 Å². The minimum atomic E-state index is -0.538. The number of hydrogen-bond donors (Lipinski definition) is 1. The molecule has 2 amide bonds. The third kappa shape index (κ3) is 5.19. The maximum atomic E-state index is 14.4. The second-order valence-electron chi connectivity index (χ2n) is 8.20. The average molecular weight is 452 g/mol. The Morgan fingerprint density at radius 2 is 1.85 bits per heavy atom. The van der Waals surface area contributed by atoms with Gasteiger partial charge in [-0.2, -0.15) is 5.10 Å². The number of amides is 2. The number of piperidine rings is 1. The SMILES string of the molecule is CC1CCCC(C)N1C(=O)COc1ccc(C(=O)Nc2ccc(-n3cncn3)c(F)c2)cc1. The molecule has 1 N–H and O–H groups in total. The lowest BCUT2D eigenvalue weighted by molar-refractivity contribution is -0.139. The quantitative estimate of drug-likeness (QED) is 0.615. The molecule has 0 saturated carbocycles. The molecule has 172 valence electrons. The van der Waals surface area contributed by atoms with Gasteiger partial charge in [-0.05, 0) is 75.6 Å². The van der Waals surface area contributed by atoms with Gasteiger partial charge in [-0.15, -0.1) is 0 Å². The van der Waals surface area contributed by atoms with Crippen LogP contribution in [0.25, 0.3) is 5.69 Å². The van der Waals surface area contributed by atoms with Crippen LogP contribution in [0.4, 0.5) is 10.1 Å². The minimum Gasteiger partial charge on any atom is -0.484 e. The molecule has 1 aliphatic heterocycles. The lowest BCUT2D eigenvalue weighted by atomic mass is 9.97. The zero-order valence-electron chi connectivity index (χ0n) is 18.6. The molecule has 1 aliphatic rings. The van der Waals surface area contributed by atoms with Crippen LogP contribution in [0.15, 0.2) is 55.1 Å². The van der Waals surface area contributed by atoms with Gasteiger partial charge in [0.2, 0.25) is 0 Å². The van der Waals surface area contributed by atoms with Crippen LogP contribution in [0.2, 0.25) is 0 Å². The Morgan fingerprint density at radius 1 is 1.12 bits per heavy atom. The second kappa shape index (κ2) is 9.81. The third-order valence-corrected chi connectivity index (χ3v) is 5.83. The van der Waals surface area contributed by atoms with Crippen LogP contribution >= 0.6 is 0 Å². The molecule has 3 aromatic rings. The van der Waals surface area contributed by atoms with Crippen molar-refractivity contribution in [3.05, 3.63) is 66.5 Å². The highest BCUT2D eigenvalue weighted by Crippen LogP contribution is 2.23. The van der Waals surface area contributed by atoms with E-state index in [0.29, 0.717) is 17.0 Å². The monoisotopic (exact) mass is 451 g/mol. The van der Waals surface area contributed by atoms with E-state index in [0.717, 1.165) is 19.3 Å². The Morgan fingerprint density at radius 3 is 2.48 bits per heavy atom. The van der Waals surface area contributed by atoms with E-state index in [9.17, 15) is 14.0 Å². The number of likely N-dealkylation sites (tertiary alicyclic amines) is 1. The van der Waals surface area contributed by atoms with E-state index in [4.69, 9.17) is 4.74 Å². The van der Waals surface area contributed by atoms with Crippen molar-refractivity contribution in [1.82, 2.24) is 19.7 Å². The smallest absolute Gasteiger partial charge is 0.260 e. The first kappa shape index (κ1) is 22.4. The Labute approximate surface area is 191 Å². The summed E-state index contributed by atoms with van der Waals surface area (Å²) in [5.74, 6) is -0.459. The second-order valence-corrected chi connectivity index (χ2v) is 8.20. The highest BCUT2D eigenvalue weighted by Gasteiger charge is 2.29. The summed E-state index contributed by atoms with van der Waals surface area (Å²) in [6.45, 7) is 4.08. The largest absolute Gasteiger partial charge is 0.484 e. The van der Waals surface area contributed by atoms with Crippen molar-refractivity contribution >= 4 is 17.5 Å². The fourth-order valence-corrected chi connectivity index (χ4v) is 4.14. The van der Waals surface area contributed by atoms with Crippen LogP contribution in [0.3, 0.4) is 0 Å². The normalized spacial score (nSPS) is 18.1. The van der Waals surface area contributed by atoms with Crippen LogP contribution in [0, 0.1) is 5.82 Å². The minimum absolute atomic E-state index is 0.0344. The molecule has 2 heterocycles. The van der Waals surface area contributed by atoms with Crippen LogP contribution in [0.5, 0.6) is 5.75 Å². The van der Waals surface area contributed by atoms with Gasteiger partial charge in [0.05, 0.1) is 0 Å². The number of rotatable bonds is 6. The fraction of sp³-hybridized carbons (Fsp3) is 0.333. The molecule has 1 aromatic heterocycles. The summed E-state index contributed by atoms with van der Waals surface area (Å²) >= 11 is 0. The van der Waals surface area contributed by atoms with Crippen LogP contribution in [0.1, 0.15) is 43.5 Å².